The normalized spacial score (nSPS) is 32.9. The SMILES string of the molecule is CO[C@H]1CNCC1NC(=O)CCC1CCCO1. The highest BCUT2D eigenvalue weighted by atomic mass is 16.5. The minimum absolute atomic E-state index is 0.0988. The smallest absolute Gasteiger partial charge is 0.220 e. The van der Waals surface area contributed by atoms with Gasteiger partial charge >= 0.3 is 0 Å². The predicted octanol–water partition coefficient (Wildman–Crippen LogP) is 0.0486. The summed E-state index contributed by atoms with van der Waals surface area (Å²) in [7, 11) is 1.68. The number of carbonyl (C=O) groups excluding carboxylic acids is 1. The molecule has 98 valence electrons. The Morgan fingerprint density at radius 1 is 1.53 bits per heavy atom. The van der Waals surface area contributed by atoms with Gasteiger partial charge in [-0.3, -0.25) is 4.79 Å². The van der Waals surface area contributed by atoms with Crippen molar-refractivity contribution in [1.82, 2.24) is 10.6 Å². The van der Waals surface area contributed by atoms with Gasteiger partial charge in [-0.25, -0.2) is 0 Å². The van der Waals surface area contributed by atoms with E-state index in [1.165, 1.54) is 0 Å². The molecule has 17 heavy (non-hydrogen) atoms. The summed E-state index contributed by atoms with van der Waals surface area (Å²) in [5.74, 6) is 0.108. The van der Waals surface area contributed by atoms with Crippen molar-refractivity contribution < 1.29 is 14.3 Å². The molecular weight excluding hydrogens is 220 g/mol. The summed E-state index contributed by atoms with van der Waals surface area (Å²) in [5, 5.41) is 6.23. The maximum absolute atomic E-state index is 11.8. The first kappa shape index (κ1) is 12.8. The second-order valence-electron chi connectivity index (χ2n) is 4.78. The van der Waals surface area contributed by atoms with Gasteiger partial charge in [0.2, 0.25) is 5.91 Å². The maximum atomic E-state index is 11.8. The lowest BCUT2D eigenvalue weighted by Crippen LogP contribution is -2.43. The Balaban J connectivity index is 1.65. The lowest BCUT2D eigenvalue weighted by atomic mass is 10.1. The van der Waals surface area contributed by atoms with E-state index in [-0.39, 0.29) is 18.1 Å². The number of amides is 1. The average Bonchev–Trinajstić information content (AvgIpc) is 2.97. The zero-order chi connectivity index (χ0) is 12.1. The first-order valence-electron chi connectivity index (χ1n) is 6.44. The third kappa shape index (κ3) is 3.66. The zero-order valence-electron chi connectivity index (χ0n) is 10.4. The van der Waals surface area contributed by atoms with Crippen LogP contribution in [0.2, 0.25) is 0 Å². The summed E-state index contributed by atoms with van der Waals surface area (Å²) in [6.45, 7) is 2.46. The number of ether oxygens (including phenoxy) is 2. The molecule has 0 radical (unpaired) electrons. The van der Waals surface area contributed by atoms with Gasteiger partial charge in [-0.05, 0) is 19.3 Å². The van der Waals surface area contributed by atoms with Crippen LogP contribution in [-0.4, -0.2) is 51.0 Å². The van der Waals surface area contributed by atoms with Crippen molar-refractivity contribution in [3.05, 3.63) is 0 Å². The highest BCUT2D eigenvalue weighted by molar-refractivity contribution is 5.76. The lowest BCUT2D eigenvalue weighted by molar-refractivity contribution is -0.123. The van der Waals surface area contributed by atoms with Crippen molar-refractivity contribution in [2.45, 2.75) is 43.9 Å². The van der Waals surface area contributed by atoms with E-state index in [9.17, 15) is 4.79 Å². The Hall–Kier alpha value is -0.650. The van der Waals surface area contributed by atoms with Crippen LogP contribution in [-0.2, 0) is 14.3 Å². The molecule has 2 rings (SSSR count). The highest BCUT2D eigenvalue weighted by Gasteiger charge is 2.28. The monoisotopic (exact) mass is 242 g/mol. The van der Waals surface area contributed by atoms with E-state index >= 15 is 0 Å². The van der Waals surface area contributed by atoms with Gasteiger partial charge in [0, 0.05) is 33.2 Å². The molecule has 2 aliphatic heterocycles. The lowest BCUT2D eigenvalue weighted by Gasteiger charge is -2.19. The highest BCUT2D eigenvalue weighted by Crippen LogP contribution is 2.16. The molecule has 0 bridgehead atoms. The van der Waals surface area contributed by atoms with Crippen molar-refractivity contribution in [2.75, 3.05) is 26.8 Å². The fraction of sp³-hybridized carbons (Fsp3) is 0.917. The molecule has 0 spiro atoms. The van der Waals surface area contributed by atoms with Gasteiger partial charge in [-0.1, -0.05) is 0 Å². The van der Waals surface area contributed by atoms with E-state index in [1.54, 1.807) is 7.11 Å². The van der Waals surface area contributed by atoms with E-state index in [0.29, 0.717) is 12.5 Å². The summed E-state index contributed by atoms with van der Waals surface area (Å²) in [5.41, 5.74) is 0. The van der Waals surface area contributed by atoms with Crippen LogP contribution < -0.4 is 10.6 Å². The fourth-order valence-electron chi connectivity index (χ4n) is 2.49. The first-order valence-corrected chi connectivity index (χ1v) is 6.44. The van der Waals surface area contributed by atoms with Gasteiger partial charge in [0.15, 0.2) is 0 Å². The first-order chi connectivity index (χ1) is 8.29. The molecular formula is C12H22N2O3. The predicted molar refractivity (Wildman–Crippen MR) is 63.8 cm³/mol. The van der Waals surface area contributed by atoms with E-state index in [0.717, 1.165) is 39.0 Å². The summed E-state index contributed by atoms with van der Waals surface area (Å²) >= 11 is 0. The molecule has 2 heterocycles. The Kier molecular flexibility index (Phi) is 4.76. The number of nitrogens with one attached hydrogen (secondary N) is 2. The molecule has 5 nitrogen and oxygen atoms in total. The molecule has 1 amide bonds. The Labute approximate surface area is 102 Å². The van der Waals surface area contributed by atoms with E-state index < -0.39 is 0 Å². The van der Waals surface area contributed by atoms with Gasteiger partial charge in [-0.2, -0.15) is 0 Å². The summed E-state index contributed by atoms with van der Waals surface area (Å²) in [6.07, 6.45) is 4.01. The molecule has 0 aromatic rings. The molecule has 0 aliphatic carbocycles. The molecule has 2 aliphatic rings. The van der Waals surface area contributed by atoms with E-state index in [2.05, 4.69) is 10.6 Å². The van der Waals surface area contributed by atoms with E-state index in [4.69, 9.17) is 9.47 Å². The van der Waals surface area contributed by atoms with Gasteiger partial charge in [0.1, 0.15) is 0 Å². The Morgan fingerprint density at radius 3 is 3.12 bits per heavy atom. The van der Waals surface area contributed by atoms with Crippen LogP contribution in [0, 0.1) is 0 Å². The minimum Gasteiger partial charge on any atom is -0.378 e. The van der Waals surface area contributed by atoms with E-state index in [1.807, 2.05) is 0 Å². The summed E-state index contributed by atoms with van der Waals surface area (Å²) in [6, 6.07) is 0.108. The number of methoxy groups -OCH3 is 1. The molecule has 2 N–H and O–H groups in total. The van der Waals surface area contributed by atoms with Gasteiger partial charge in [-0.15, -0.1) is 0 Å². The van der Waals surface area contributed by atoms with Gasteiger partial charge < -0.3 is 20.1 Å². The Morgan fingerprint density at radius 2 is 2.41 bits per heavy atom. The topological polar surface area (TPSA) is 59.6 Å². The number of hydrogen-bond donors (Lipinski definition) is 2. The van der Waals surface area contributed by atoms with Crippen LogP contribution in [0.1, 0.15) is 25.7 Å². The molecule has 0 aromatic carbocycles. The maximum Gasteiger partial charge on any atom is 0.220 e. The molecule has 2 fully saturated rings. The standard InChI is InChI=1S/C12H22N2O3/c1-16-11-8-13-7-10(11)14-12(15)5-4-9-3-2-6-17-9/h9-11,13H,2-8H2,1H3,(H,14,15)/t9?,10?,11-/m0/s1. The molecule has 0 aromatic heterocycles. The number of rotatable bonds is 5. The fourth-order valence-corrected chi connectivity index (χ4v) is 2.49. The molecule has 2 saturated heterocycles. The molecule has 5 heteroatoms. The van der Waals surface area contributed by atoms with Crippen LogP contribution in [0.4, 0.5) is 0 Å². The second-order valence-corrected chi connectivity index (χ2v) is 4.78. The zero-order valence-corrected chi connectivity index (χ0v) is 10.4. The van der Waals surface area contributed by atoms with Crippen molar-refractivity contribution in [3.63, 3.8) is 0 Å². The van der Waals surface area contributed by atoms with Crippen LogP contribution in [0.5, 0.6) is 0 Å². The number of carbonyl (C=O) groups is 1. The van der Waals surface area contributed by atoms with Gasteiger partial charge in [0.05, 0.1) is 18.2 Å². The molecule has 2 unspecified atom stereocenters. The minimum atomic E-state index is 0.0988. The van der Waals surface area contributed by atoms with Crippen LogP contribution >= 0.6 is 0 Å². The average molecular weight is 242 g/mol. The number of hydrogen-bond acceptors (Lipinski definition) is 4. The van der Waals surface area contributed by atoms with Crippen LogP contribution in [0.25, 0.3) is 0 Å². The van der Waals surface area contributed by atoms with Crippen molar-refractivity contribution >= 4 is 5.91 Å². The summed E-state index contributed by atoms with van der Waals surface area (Å²) in [4.78, 5) is 11.8. The van der Waals surface area contributed by atoms with Crippen molar-refractivity contribution in [1.29, 1.82) is 0 Å². The second kappa shape index (κ2) is 6.33. The van der Waals surface area contributed by atoms with Crippen LogP contribution in [0.15, 0.2) is 0 Å². The Bertz CT molecular complexity index is 254. The van der Waals surface area contributed by atoms with Crippen molar-refractivity contribution in [3.8, 4) is 0 Å². The van der Waals surface area contributed by atoms with Gasteiger partial charge in [0.25, 0.3) is 0 Å². The quantitative estimate of drug-likeness (QED) is 0.715. The third-order valence-corrected chi connectivity index (χ3v) is 3.53. The molecule has 0 saturated carbocycles. The molecule has 3 atom stereocenters. The van der Waals surface area contributed by atoms with Crippen molar-refractivity contribution in [2.24, 2.45) is 0 Å². The largest absolute Gasteiger partial charge is 0.378 e. The summed E-state index contributed by atoms with van der Waals surface area (Å²) < 4.78 is 10.8. The third-order valence-electron chi connectivity index (χ3n) is 3.53. The van der Waals surface area contributed by atoms with Crippen LogP contribution in [0.3, 0.4) is 0 Å².